The van der Waals surface area contributed by atoms with Crippen LogP contribution in [0, 0.1) is 5.92 Å². The summed E-state index contributed by atoms with van der Waals surface area (Å²) in [5, 5.41) is 11.2. The summed E-state index contributed by atoms with van der Waals surface area (Å²) in [4.78, 5) is 27.2. The van der Waals surface area contributed by atoms with Crippen LogP contribution in [0.1, 0.15) is 30.9 Å². The van der Waals surface area contributed by atoms with Crippen molar-refractivity contribution in [3.63, 3.8) is 0 Å². The Morgan fingerprint density at radius 2 is 1.77 bits per heavy atom. The van der Waals surface area contributed by atoms with Crippen LogP contribution >= 0.6 is 0 Å². The predicted molar refractivity (Wildman–Crippen MR) is 116 cm³/mol. The number of hydrogen-bond acceptors (Lipinski definition) is 5. The summed E-state index contributed by atoms with van der Waals surface area (Å²) in [6.45, 7) is 5.89. The Kier molecular flexibility index (Phi) is 6.18. The Hall–Kier alpha value is -3.06. The lowest BCUT2D eigenvalue weighted by molar-refractivity contribution is -0.122. The van der Waals surface area contributed by atoms with Gasteiger partial charge in [0.1, 0.15) is 12.1 Å². The standard InChI is InChI=1S/C23H27N5O2/c1-17-10-12-27(13-11-17)15-19-8-6-18(7-9-19)14-24-22(29)16-28-23(30)20-4-2-3-5-21(20)25-26-28/h2-9,17H,10-16H2,1H3,(H,24,29). The molecule has 0 atom stereocenters. The van der Waals surface area contributed by atoms with E-state index in [0.29, 0.717) is 17.4 Å². The van der Waals surface area contributed by atoms with Crippen molar-refractivity contribution in [1.82, 2.24) is 25.2 Å². The van der Waals surface area contributed by atoms with Crippen molar-refractivity contribution in [2.75, 3.05) is 13.1 Å². The van der Waals surface area contributed by atoms with Gasteiger partial charge in [-0.15, -0.1) is 5.10 Å². The number of nitrogens with zero attached hydrogens (tertiary/aromatic N) is 4. The lowest BCUT2D eigenvalue weighted by atomic mass is 9.99. The van der Waals surface area contributed by atoms with Crippen molar-refractivity contribution in [3.05, 3.63) is 70.0 Å². The van der Waals surface area contributed by atoms with Crippen molar-refractivity contribution in [1.29, 1.82) is 0 Å². The van der Waals surface area contributed by atoms with Crippen LogP contribution in [0.5, 0.6) is 0 Å². The second-order valence-corrected chi connectivity index (χ2v) is 8.12. The highest BCUT2D eigenvalue weighted by molar-refractivity contribution is 5.78. The van der Waals surface area contributed by atoms with Crippen LogP contribution < -0.4 is 10.9 Å². The van der Waals surface area contributed by atoms with E-state index in [1.807, 2.05) is 12.1 Å². The largest absolute Gasteiger partial charge is 0.350 e. The van der Waals surface area contributed by atoms with E-state index in [-0.39, 0.29) is 18.0 Å². The number of amides is 1. The zero-order valence-corrected chi connectivity index (χ0v) is 17.3. The second-order valence-electron chi connectivity index (χ2n) is 8.12. The van der Waals surface area contributed by atoms with E-state index < -0.39 is 0 Å². The van der Waals surface area contributed by atoms with E-state index >= 15 is 0 Å². The monoisotopic (exact) mass is 405 g/mol. The number of carbonyl (C=O) groups excluding carboxylic acids is 1. The molecule has 0 unspecified atom stereocenters. The molecule has 0 radical (unpaired) electrons. The number of rotatable bonds is 6. The SMILES string of the molecule is CC1CCN(Cc2ccc(CNC(=O)Cn3nnc4ccccc4c3=O)cc2)CC1. The van der Waals surface area contributed by atoms with Crippen LogP contribution in [0.4, 0.5) is 0 Å². The minimum atomic E-state index is -0.313. The van der Waals surface area contributed by atoms with Crippen LogP contribution in [0.25, 0.3) is 10.9 Å². The Balaban J connectivity index is 1.30. The average Bonchev–Trinajstić information content (AvgIpc) is 2.77. The fourth-order valence-electron chi connectivity index (χ4n) is 3.76. The van der Waals surface area contributed by atoms with Gasteiger partial charge in [-0.2, -0.15) is 0 Å². The molecular weight excluding hydrogens is 378 g/mol. The van der Waals surface area contributed by atoms with Crippen molar-refractivity contribution in [2.45, 2.75) is 39.4 Å². The summed E-state index contributed by atoms with van der Waals surface area (Å²) < 4.78 is 1.10. The fourth-order valence-corrected chi connectivity index (χ4v) is 3.76. The maximum absolute atomic E-state index is 12.4. The average molecular weight is 406 g/mol. The van der Waals surface area contributed by atoms with Crippen LogP contribution in [-0.4, -0.2) is 38.9 Å². The Morgan fingerprint density at radius 3 is 2.53 bits per heavy atom. The zero-order chi connectivity index (χ0) is 20.9. The lowest BCUT2D eigenvalue weighted by Crippen LogP contribution is -2.34. The first-order chi connectivity index (χ1) is 14.6. The molecule has 0 bridgehead atoms. The molecule has 3 aromatic rings. The van der Waals surface area contributed by atoms with Gasteiger partial charge in [0.2, 0.25) is 5.91 Å². The number of hydrogen-bond donors (Lipinski definition) is 1. The van der Waals surface area contributed by atoms with E-state index in [9.17, 15) is 9.59 Å². The molecule has 1 aliphatic rings. The van der Waals surface area contributed by atoms with E-state index in [2.05, 4.69) is 39.6 Å². The highest BCUT2D eigenvalue weighted by Gasteiger charge is 2.15. The second kappa shape index (κ2) is 9.17. The quantitative estimate of drug-likeness (QED) is 0.681. The molecule has 1 N–H and O–H groups in total. The van der Waals surface area contributed by atoms with Crippen LogP contribution in [0.2, 0.25) is 0 Å². The number of piperidine rings is 1. The van der Waals surface area contributed by atoms with Gasteiger partial charge in [-0.05, 0) is 55.1 Å². The van der Waals surface area contributed by atoms with Crippen LogP contribution in [0.15, 0.2) is 53.3 Å². The van der Waals surface area contributed by atoms with Gasteiger partial charge in [0.25, 0.3) is 5.56 Å². The summed E-state index contributed by atoms with van der Waals surface area (Å²) in [7, 11) is 0. The van der Waals surface area contributed by atoms with Gasteiger partial charge in [0, 0.05) is 13.1 Å². The molecule has 2 aromatic carbocycles. The van der Waals surface area contributed by atoms with Gasteiger partial charge in [0.15, 0.2) is 0 Å². The van der Waals surface area contributed by atoms with E-state index in [0.717, 1.165) is 35.8 Å². The molecule has 1 aliphatic heterocycles. The normalized spacial score (nSPS) is 15.4. The molecular formula is C23H27N5O2. The molecule has 2 heterocycles. The van der Waals surface area contributed by atoms with Gasteiger partial charge in [-0.3, -0.25) is 14.5 Å². The maximum Gasteiger partial charge on any atom is 0.278 e. The molecule has 156 valence electrons. The fraction of sp³-hybridized carbons (Fsp3) is 0.391. The van der Waals surface area contributed by atoms with Gasteiger partial charge in [0.05, 0.1) is 5.39 Å². The van der Waals surface area contributed by atoms with Crippen molar-refractivity contribution in [2.24, 2.45) is 5.92 Å². The third-order valence-corrected chi connectivity index (χ3v) is 5.72. The van der Waals surface area contributed by atoms with Crippen molar-refractivity contribution < 1.29 is 4.79 Å². The van der Waals surface area contributed by atoms with Gasteiger partial charge in [-0.1, -0.05) is 48.5 Å². The molecule has 0 saturated carbocycles. The third-order valence-electron chi connectivity index (χ3n) is 5.72. The molecule has 7 nitrogen and oxygen atoms in total. The summed E-state index contributed by atoms with van der Waals surface area (Å²) in [6.07, 6.45) is 2.55. The molecule has 1 aromatic heterocycles. The van der Waals surface area contributed by atoms with E-state index in [1.165, 1.54) is 18.4 Å². The van der Waals surface area contributed by atoms with E-state index in [4.69, 9.17) is 0 Å². The first kappa shape index (κ1) is 20.2. The highest BCUT2D eigenvalue weighted by atomic mass is 16.2. The molecule has 30 heavy (non-hydrogen) atoms. The van der Waals surface area contributed by atoms with E-state index in [1.54, 1.807) is 24.3 Å². The first-order valence-corrected chi connectivity index (χ1v) is 10.5. The first-order valence-electron chi connectivity index (χ1n) is 10.5. The Bertz CT molecular complexity index is 1070. The summed E-state index contributed by atoms with van der Waals surface area (Å²) in [5.74, 6) is 0.567. The topological polar surface area (TPSA) is 80.1 Å². The number of carbonyl (C=O) groups is 1. The molecule has 0 aliphatic carbocycles. The molecule has 1 fully saturated rings. The maximum atomic E-state index is 12.4. The molecule has 4 rings (SSSR count). The van der Waals surface area contributed by atoms with Crippen LogP contribution in [0.3, 0.4) is 0 Å². The number of aromatic nitrogens is 3. The Morgan fingerprint density at radius 1 is 1.07 bits per heavy atom. The summed E-state index contributed by atoms with van der Waals surface area (Å²) in [5.41, 5.74) is 2.53. The van der Waals surface area contributed by atoms with Gasteiger partial charge in [-0.25, -0.2) is 4.68 Å². The minimum Gasteiger partial charge on any atom is -0.350 e. The van der Waals surface area contributed by atoms with Crippen molar-refractivity contribution in [3.8, 4) is 0 Å². The molecule has 1 saturated heterocycles. The van der Waals surface area contributed by atoms with Gasteiger partial charge >= 0.3 is 0 Å². The van der Waals surface area contributed by atoms with Crippen molar-refractivity contribution >= 4 is 16.8 Å². The highest BCUT2D eigenvalue weighted by Crippen LogP contribution is 2.18. The molecule has 0 spiro atoms. The number of nitrogens with one attached hydrogen (secondary N) is 1. The molecule has 7 heteroatoms. The Labute approximate surface area is 175 Å². The van der Waals surface area contributed by atoms with Crippen LogP contribution in [-0.2, 0) is 24.4 Å². The summed E-state index contributed by atoms with van der Waals surface area (Å²) in [6, 6.07) is 15.3. The molecule has 1 amide bonds. The number of benzene rings is 2. The zero-order valence-electron chi connectivity index (χ0n) is 17.3. The minimum absolute atomic E-state index is 0.151. The lowest BCUT2D eigenvalue weighted by Gasteiger charge is -2.30. The smallest absolute Gasteiger partial charge is 0.278 e. The van der Waals surface area contributed by atoms with Gasteiger partial charge < -0.3 is 5.32 Å². The number of likely N-dealkylation sites (tertiary alicyclic amines) is 1. The third kappa shape index (κ3) is 4.91. The predicted octanol–water partition coefficient (Wildman–Crippen LogP) is 2.34. The number of fused-ring (bicyclic) bond motifs is 1. The summed E-state index contributed by atoms with van der Waals surface area (Å²) >= 11 is 0.